The summed E-state index contributed by atoms with van der Waals surface area (Å²) >= 11 is 3.51. The van der Waals surface area contributed by atoms with Crippen molar-refractivity contribution in [3.05, 3.63) is 90.0 Å². The molecule has 0 aliphatic heterocycles. The Morgan fingerprint density at radius 3 is 2.26 bits per heavy atom. The molecule has 0 unspecified atom stereocenters. The highest BCUT2D eigenvalue weighted by molar-refractivity contribution is 8.00. The molecule has 2 nitrogen and oxygen atoms in total. The molecule has 0 fully saturated rings. The lowest BCUT2D eigenvalue weighted by atomic mass is 10.2. The molecule has 1 N–H and O–H groups in total. The standard InChI is InChI=1S/C23H23NOS2/c1-17(2)27-22-11-7-6-10-21(22)23(25)24-19-14-12-18(13-15-19)16-26-20-8-4-3-5-9-20/h3-15,17H,16H2,1-2H3,(H,24,25). The molecule has 0 radical (unpaired) electrons. The number of rotatable bonds is 7. The van der Waals surface area contributed by atoms with Crippen LogP contribution in [0.3, 0.4) is 0 Å². The summed E-state index contributed by atoms with van der Waals surface area (Å²) in [4.78, 5) is 15.0. The van der Waals surface area contributed by atoms with E-state index in [2.05, 4.69) is 55.6 Å². The second-order valence-corrected chi connectivity index (χ2v) is 9.08. The van der Waals surface area contributed by atoms with Gasteiger partial charge in [0.2, 0.25) is 0 Å². The Hall–Kier alpha value is -2.17. The lowest BCUT2D eigenvalue weighted by Gasteiger charge is -2.12. The zero-order chi connectivity index (χ0) is 19.1. The lowest BCUT2D eigenvalue weighted by Crippen LogP contribution is -2.13. The number of hydrogen-bond donors (Lipinski definition) is 1. The Kier molecular flexibility index (Phi) is 7.02. The molecule has 3 aromatic rings. The van der Waals surface area contributed by atoms with Crippen molar-refractivity contribution in [1.82, 2.24) is 0 Å². The Morgan fingerprint density at radius 1 is 0.889 bits per heavy atom. The number of nitrogens with one attached hydrogen (secondary N) is 1. The van der Waals surface area contributed by atoms with Gasteiger partial charge in [-0.25, -0.2) is 0 Å². The van der Waals surface area contributed by atoms with Gasteiger partial charge in [-0.2, -0.15) is 0 Å². The Bertz CT molecular complexity index is 876. The highest BCUT2D eigenvalue weighted by Crippen LogP contribution is 2.27. The number of carbonyl (C=O) groups excluding carboxylic acids is 1. The molecule has 0 heterocycles. The van der Waals surface area contributed by atoms with Gasteiger partial charge in [-0.3, -0.25) is 4.79 Å². The van der Waals surface area contributed by atoms with Crippen LogP contribution in [-0.2, 0) is 5.75 Å². The third-order valence-electron chi connectivity index (χ3n) is 3.85. The van der Waals surface area contributed by atoms with Crippen LogP contribution in [0.15, 0.2) is 88.7 Å². The molecule has 0 aliphatic rings. The van der Waals surface area contributed by atoms with Gasteiger partial charge in [0.1, 0.15) is 0 Å². The molecular formula is C23H23NOS2. The predicted octanol–water partition coefficient (Wildman–Crippen LogP) is 6.73. The lowest BCUT2D eigenvalue weighted by molar-refractivity contribution is 0.102. The summed E-state index contributed by atoms with van der Waals surface area (Å²) < 4.78 is 0. The van der Waals surface area contributed by atoms with E-state index >= 15 is 0 Å². The van der Waals surface area contributed by atoms with Crippen LogP contribution in [0.25, 0.3) is 0 Å². The molecular weight excluding hydrogens is 370 g/mol. The molecule has 0 bridgehead atoms. The average Bonchev–Trinajstić information content (AvgIpc) is 2.68. The fraction of sp³-hybridized carbons (Fsp3) is 0.174. The van der Waals surface area contributed by atoms with Crippen molar-refractivity contribution in [2.75, 3.05) is 5.32 Å². The van der Waals surface area contributed by atoms with Gasteiger partial charge in [-0.05, 0) is 42.0 Å². The average molecular weight is 394 g/mol. The van der Waals surface area contributed by atoms with Crippen LogP contribution in [0.2, 0.25) is 0 Å². The van der Waals surface area contributed by atoms with E-state index in [0.717, 1.165) is 21.9 Å². The van der Waals surface area contributed by atoms with Crippen molar-refractivity contribution >= 4 is 35.1 Å². The minimum absolute atomic E-state index is 0.0647. The maximum Gasteiger partial charge on any atom is 0.256 e. The van der Waals surface area contributed by atoms with Gasteiger partial charge < -0.3 is 5.32 Å². The van der Waals surface area contributed by atoms with Gasteiger partial charge in [0.05, 0.1) is 5.56 Å². The molecule has 3 rings (SSSR count). The van der Waals surface area contributed by atoms with E-state index in [1.807, 2.05) is 54.2 Å². The fourth-order valence-electron chi connectivity index (χ4n) is 2.58. The molecule has 0 aliphatic carbocycles. The molecule has 0 saturated carbocycles. The molecule has 0 atom stereocenters. The summed E-state index contributed by atoms with van der Waals surface area (Å²) in [6.45, 7) is 4.26. The summed E-state index contributed by atoms with van der Waals surface area (Å²) in [5.41, 5.74) is 2.77. The number of anilines is 1. The van der Waals surface area contributed by atoms with Crippen molar-refractivity contribution < 1.29 is 4.79 Å². The molecule has 3 aromatic carbocycles. The second kappa shape index (κ2) is 9.67. The van der Waals surface area contributed by atoms with E-state index in [4.69, 9.17) is 0 Å². The highest BCUT2D eigenvalue weighted by Gasteiger charge is 2.12. The first kappa shape index (κ1) is 19.6. The van der Waals surface area contributed by atoms with Gasteiger partial charge in [-0.1, -0.05) is 56.3 Å². The molecule has 4 heteroatoms. The van der Waals surface area contributed by atoms with Gasteiger partial charge in [0, 0.05) is 26.5 Å². The Labute approximate surface area is 169 Å². The van der Waals surface area contributed by atoms with E-state index in [1.165, 1.54) is 10.5 Å². The number of hydrogen-bond acceptors (Lipinski definition) is 3. The van der Waals surface area contributed by atoms with Crippen LogP contribution in [0.1, 0.15) is 29.8 Å². The minimum atomic E-state index is -0.0647. The van der Waals surface area contributed by atoms with Crippen molar-refractivity contribution in [2.45, 2.75) is 34.6 Å². The number of amides is 1. The minimum Gasteiger partial charge on any atom is -0.322 e. The van der Waals surface area contributed by atoms with E-state index in [0.29, 0.717) is 5.25 Å². The number of thioether (sulfide) groups is 2. The summed E-state index contributed by atoms with van der Waals surface area (Å²) in [7, 11) is 0. The van der Waals surface area contributed by atoms with Crippen LogP contribution < -0.4 is 5.32 Å². The van der Waals surface area contributed by atoms with Gasteiger partial charge in [0.25, 0.3) is 5.91 Å². The topological polar surface area (TPSA) is 29.1 Å². The highest BCUT2D eigenvalue weighted by atomic mass is 32.2. The monoisotopic (exact) mass is 393 g/mol. The van der Waals surface area contributed by atoms with Crippen LogP contribution >= 0.6 is 23.5 Å². The zero-order valence-corrected chi connectivity index (χ0v) is 17.1. The fourth-order valence-corrected chi connectivity index (χ4v) is 4.41. The van der Waals surface area contributed by atoms with Crippen molar-refractivity contribution in [1.29, 1.82) is 0 Å². The Balaban J connectivity index is 1.62. The second-order valence-electron chi connectivity index (χ2n) is 6.42. The summed E-state index contributed by atoms with van der Waals surface area (Å²) in [5, 5.41) is 3.44. The molecule has 0 aromatic heterocycles. The zero-order valence-electron chi connectivity index (χ0n) is 15.5. The predicted molar refractivity (Wildman–Crippen MR) is 118 cm³/mol. The van der Waals surface area contributed by atoms with Crippen molar-refractivity contribution in [2.24, 2.45) is 0 Å². The molecule has 138 valence electrons. The maximum atomic E-state index is 12.7. The normalized spacial score (nSPS) is 10.8. The smallest absolute Gasteiger partial charge is 0.256 e. The van der Waals surface area contributed by atoms with Gasteiger partial charge in [0.15, 0.2) is 0 Å². The molecule has 27 heavy (non-hydrogen) atoms. The van der Waals surface area contributed by atoms with E-state index in [-0.39, 0.29) is 5.91 Å². The van der Waals surface area contributed by atoms with E-state index in [9.17, 15) is 4.79 Å². The number of carbonyl (C=O) groups is 1. The largest absolute Gasteiger partial charge is 0.322 e. The SMILES string of the molecule is CC(C)Sc1ccccc1C(=O)Nc1ccc(CSc2ccccc2)cc1. The third-order valence-corrected chi connectivity index (χ3v) is 6.02. The first-order valence-electron chi connectivity index (χ1n) is 8.95. The van der Waals surface area contributed by atoms with E-state index in [1.54, 1.807) is 11.8 Å². The molecule has 0 saturated heterocycles. The third kappa shape index (κ3) is 5.91. The van der Waals surface area contributed by atoms with Gasteiger partial charge in [-0.15, -0.1) is 23.5 Å². The maximum absolute atomic E-state index is 12.7. The summed E-state index contributed by atoms with van der Waals surface area (Å²) in [6.07, 6.45) is 0. The van der Waals surface area contributed by atoms with Crippen molar-refractivity contribution in [3.63, 3.8) is 0 Å². The summed E-state index contributed by atoms with van der Waals surface area (Å²) in [5.74, 6) is 0.844. The first-order chi connectivity index (χ1) is 13.1. The van der Waals surface area contributed by atoms with Crippen molar-refractivity contribution in [3.8, 4) is 0 Å². The van der Waals surface area contributed by atoms with Crippen LogP contribution in [-0.4, -0.2) is 11.2 Å². The summed E-state index contributed by atoms with van der Waals surface area (Å²) in [6, 6.07) is 26.2. The van der Waals surface area contributed by atoms with Crippen LogP contribution in [0, 0.1) is 0 Å². The van der Waals surface area contributed by atoms with Crippen LogP contribution in [0.4, 0.5) is 5.69 Å². The first-order valence-corrected chi connectivity index (χ1v) is 10.8. The van der Waals surface area contributed by atoms with E-state index < -0.39 is 0 Å². The number of benzene rings is 3. The molecule has 0 spiro atoms. The van der Waals surface area contributed by atoms with Crippen LogP contribution in [0.5, 0.6) is 0 Å². The van der Waals surface area contributed by atoms with Gasteiger partial charge >= 0.3 is 0 Å². The quantitative estimate of drug-likeness (QED) is 0.451. The molecule has 1 amide bonds. The Morgan fingerprint density at radius 2 is 1.56 bits per heavy atom.